The molecule has 2 rings (SSSR count). The molecule has 25 heavy (non-hydrogen) atoms. The van der Waals surface area contributed by atoms with Gasteiger partial charge < -0.3 is 10.6 Å². The van der Waals surface area contributed by atoms with Crippen molar-refractivity contribution in [1.29, 1.82) is 0 Å². The standard InChI is InChI=1S/C19H22ClFN2O.ClH/c1-13-12-14(9-10-17(13)21)19(15-6-3-4-7-16(15)20)23-18(24)8-5-11-22-2;/h3-4,6-7,9-10,12,19,22H,5,8,11H2,1-2H3,(H,23,24);1H. The highest BCUT2D eigenvalue weighted by molar-refractivity contribution is 6.31. The van der Waals surface area contributed by atoms with Crippen molar-refractivity contribution < 1.29 is 9.18 Å². The number of hydrogen-bond donors (Lipinski definition) is 2. The predicted octanol–water partition coefficient (Wildman–Crippen LogP) is 4.41. The number of halogens is 3. The Morgan fingerprint density at radius 1 is 1.24 bits per heavy atom. The van der Waals surface area contributed by atoms with E-state index in [4.69, 9.17) is 11.6 Å². The number of carbonyl (C=O) groups excluding carboxylic acids is 1. The van der Waals surface area contributed by atoms with Gasteiger partial charge >= 0.3 is 0 Å². The number of nitrogens with one attached hydrogen (secondary N) is 2. The van der Waals surface area contributed by atoms with Gasteiger partial charge in [0.15, 0.2) is 0 Å². The van der Waals surface area contributed by atoms with E-state index in [1.807, 2.05) is 25.2 Å². The van der Waals surface area contributed by atoms with E-state index >= 15 is 0 Å². The number of amides is 1. The number of rotatable bonds is 7. The summed E-state index contributed by atoms with van der Waals surface area (Å²) in [7, 11) is 1.85. The third kappa shape index (κ3) is 5.99. The van der Waals surface area contributed by atoms with Gasteiger partial charge in [0, 0.05) is 11.4 Å². The summed E-state index contributed by atoms with van der Waals surface area (Å²) >= 11 is 6.31. The van der Waals surface area contributed by atoms with E-state index in [9.17, 15) is 9.18 Å². The first-order valence-corrected chi connectivity index (χ1v) is 8.35. The Kier molecular flexibility index (Phi) is 8.90. The first kappa shape index (κ1) is 21.4. The van der Waals surface area contributed by atoms with Gasteiger partial charge in [-0.25, -0.2) is 4.39 Å². The highest BCUT2D eigenvalue weighted by Gasteiger charge is 2.19. The van der Waals surface area contributed by atoms with Crippen molar-refractivity contribution in [2.45, 2.75) is 25.8 Å². The quantitative estimate of drug-likeness (QED) is 0.693. The third-order valence-corrected chi connectivity index (χ3v) is 4.21. The van der Waals surface area contributed by atoms with Crippen LogP contribution in [0.2, 0.25) is 5.02 Å². The summed E-state index contributed by atoms with van der Waals surface area (Å²) in [6, 6.07) is 11.8. The van der Waals surface area contributed by atoms with Gasteiger partial charge in [-0.15, -0.1) is 12.4 Å². The summed E-state index contributed by atoms with van der Waals surface area (Å²) in [6.45, 7) is 2.48. The number of carbonyl (C=O) groups is 1. The molecule has 0 aromatic heterocycles. The molecule has 2 aromatic carbocycles. The topological polar surface area (TPSA) is 41.1 Å². The molecule has 0 spiro atoms. The van der Waals surface area contributed by atoms with Gasteiger partial charge in [0.05, 0.1) is 6.04 Å². The van der Waals surface area contributed by atoms with Gasteiger partial charge in [-0.1, -0.05) is 41.9 Å². The predicted molar refractivity (Wildman–Crippen MR) is 103 cm³/mol. The van der Waals surface area contributed by atoms with E-state index in [1.54, 1.807) is 25.1 Å². The van der Waals surface area contributed by atoms with Gasteiger partial charge in [-0.05, 0) is 55.8 Å². The lowest BCUT2D eigenvalue weighted by atomic mass is 9.96. The van der Waals surface area contributed by atoms with Gasteiger partial charge in [-0.2, -0.15) is 0 Å². The Balaban J connectivity index is 0.00000312. The fraction of sp³-hybridized carbons (Fsp3) is 0.316. The lowest BCUT2D eigenvalue weighted by molar-refractivity contribution is -0.121. The van der Waals surface area contributed by atoms with Crippen molar-refractivity contribution in [3.63, 3.8) is 0 Å². The largest absolute Gasteiger partial charge is 0.345 e. The van der Waals surface area contributed by atoms with Crippen LogP contribution in [-0.2, 0) is 4.79 Å². The van der Waals surface area contributed by atoms with Crippen LogP contribution < -0.4 is 10.6 Å². The van der Waals surface area contributed by atoms with E-state index in [0.29, 0.717) is 17.0 Å². The lowest BCUT2D eigenvalue weighted by Crippen LogP contribution is -2.30. The highest BCUT2D eigenvalue weighted by Crippen LogP contribution is 2.29. The Morgan fingerprint density at radius 2 is 1.96 bits per heavy atom. The smallest absolute Gasteiger partial charge is 0.220 e. The zero-order chi connectivity index (χ0) is 17.5. The summed E-state index contributed by atoms with van der Waals surface area (Å²) in [5.74, 6) is -0.325. The van der Waals surface area contributed by atoms with Crippen LogP contribution in [0.3, 0.4) is 0 Å². The maximum atomic E-state index is 13.6. The maximum absolute atomic E-state index is 13.6. The molecule has 0 aliphatic carbocycles. The molecule has 1 unspecified atom stereocenters. The molecule has 6 heteroatoms. The van der Waals surface area contributed by atoms with E-state index in [1.165, 1.54) is 6.07 Å². The molecule has 2 aromatic rings. The van der Waals surface area contributed by atoms with Crippen molar-refractivity contribution in [1.82, 2.24) is 10.6 Å². The summed E-state index contributed by atoms with van der Waals surface area (Å²) < 4.78 is 13.6. The van der Waals surface area contributed by atoms with Crippen LogP contribution in [0.4, 0.5) is 4.39 Å². The Hall–Kier alpha value is -1.62. The molecule has 0 saturated heterocycles. The van der Waals surface area contributed by atoms with Crippen molar-refractivity contribution in [3.8, 4) is 0 Å². The van der Waals surface area contributed by atoms with Crippen LogP contribution >= 0.6 is 24.0 Å². The molecular weight excluding hydrogens is 362 g/mol. The third-order valence-electron chi connectivity index (χ3n) is 3.87. The van der Waals surface area contributed by atoms with Crippen LogP contribution in [-0.4, -0.2) is 19.5 Å². The van der Waals surface area contributed by atoms with Crippen molar-refractivity contribution >= 4 is 29.9 Å². The van der Waals surface area contributed by atoms with Crippen LogP contribution in [0.1, 0.15) is 35.6 Å². The number of aryl methyl sites for hydroxylation is 1. The summed E-state index contributed by atoms with van der Waals surface area (Å²) in [5.41, 5.74) is 2.14. The van der Waals surface area contributed by atoms with Gasteiger partial charge in [-0.3, -0.25) is 4.79 Å². The molecule has 0 aliphatic heterocycles. The summed E-state index contributed by atoms with van der Waals surface area (Å²) in [5, 5.41) is 6.61. The zero-order valence-electron chi connectivity index (χ0n) is 14.3. The molecule has 1 atom stereocenters. The summed E-state index contributed by atoms with van der Waals surface area (Å²) in [4.78, 5) is 12.3. The molecule has 136 valence electrons. The highest BCUT2D eigenvalue weighted by atomic mass is 35.5. The number of hydrogen-bond acceptors (Lipinski definition) is 2. The molecule has 0 bridgehead atoms. The average molecular weight is 385 g/mol. The molecular formula is C19H23Cl2FN2O. The van der Waals surface area contributed by atoms with Crippen molar-refractivity contribution in [2.75, 3.05) is 13.6 Å². The molecule has 0 aliphatic rings. The van der Waals surface area contributed by atoms with E-state index in [2.05, 4.69) is 10.6 Å². The minimum absolute atomic E-state index is 0. The lowest BCUT2D eigenvalue weighted by Gasteiger charge is -2.21. The Labute approximate surface area is 159 Å². The second-order valence-electron chi connectivity index (χ2n) is 5.74. The van der Waals surface area contributed by atoms with Crippen LogP contribution in [0.5, 0.6) is 0 Å². The maximum Gasteiger partial charge on any atom is 0.220 e. The first-order chi connectivity index (χ1) is 11.5. The van der Waals surface area contributed by atoms with Crippen molar-refractivity contribution in [2.24, 2.45) is 0 Å². The van der Waals surface area contributed by atoms with Crippen LogP contribution in [0.15, 0.2) is 42.5 Å². The first-order valence-electron chi connectivity index (χ1n) is 7.97. The minimum Gasteiger partial charge on any atom is -0.345 e. The Bertz CT molecular complexity index is 710. The van der Waals surface area contributed by atoms with Crippen LogP contribution in [0, 0.1) is 12.7 Å². The van der Waals surface area contributed by atoms with Gasteiger partial charge in [0.1, 0.15) is 5.82 Å². The minimum atomic E-state index is -0.403. The normalized spacial score (nSPS) is 11.5. The van der Waals surface area contributed by atoms with Crippen LogP contribution in [0.25, 0.3) is 0 Å². The molecule has 0 heterocycles. The molecule has 3 nitrogen and oxygen atoms in total. The Morgan fingerprint density at radius 3 is 2.60 bits per heavy atom. The average Bonchev–Trinajstić information content (AvgIpc) is 2.56. The van der Waals surface area contributed by atoms with E-state index < -0.39 is 6.04 Å². The van der Waals surface area contributed by atoms with Gasteiger partial charge in [0.25, 0.3) is 0 Å². The SMILES string of the molecule is CNCCCC(=O)NC(c1ccc(F)c(C)c1)c1ccccc1Cl.Cl. The van der Waals surface area contributed by atoms with Gasteiger partial charge in [0.2, 0.25) is 5.91 Å². The zero-order valence-corrected chi connectivity index (χ0v) is 15.9. The fourth-order valence-electron chi connectivity index (χ4n) is 2.56. The summed E-state index contributed by atoms with van der Waals surface area (Å²) in [6.07, 6.45) is 1.17. The molecule has 0 saturated carbocycles. The van der Waals surface area contributed by atoms with E-state index in [0.717, 1.165) is 24.1 Å². The van der Waals surface area contributed by atoms with E-state index in [-0.39, 0.29) is 24.1 Å². The second-order valence-corrected chi connectivity index (χ2v) is 6.14. The fourth-order valence-corrected chi connectivity index (χ4v) is 2.80. The second kappa shape index (κ2) is 10.4. The number of benzene rings is 2. The van der Waals surface area contributed by atoms with Crippen molar-refractivity contribution in [3.05, 3.63) is 70.0 Å². The molecule has 0 fully saturated rings. The monoisotopic (exact) mass is 384 g/mol. The molecule has 0 radical (unpaired) electrons. The molecule has 1 amide bonds. The molecule has 2 N–H and O–H groups in total.